The molecule has 3 aliphatic heterocycles. The van der Waals surface area contributed by atoms with Gasteiger partial charge in [0, 0.05) is 41.8 Å². The van der Waals surface area contributed by atoms with Crippen molar-refractivity contribution in [2.75, 3.05) is 13.7 Å². The number of allylic oxidation sites excluding steroid dienone is 1. The van der Waals surface area contributed by atoms with Gasteiger partial charge in [-0.3, -0.25) is 4.79 Å². The first-order valence-corrected chi connectivity index (χ1v) is 11.9. The standard InChI is InChI=1S/C26H34O5/c1-23(2)20-6-5-17-18(25(20)10-11-26(23,28-4)30-15-25)7-9-24(3)19(17)13-21(27)31-22(24)16-8-12-29-14-16/h6,8,12,14,17-19,22H,5,7,9-11,13,15H2,1-4H3. The third-order valence-corrected chi connectivity index (χ3v) is 10.2. The topological polar surface area (TPSA) is 57.9 Å². The van der Waals surface area contributed by atoms with E-state index in [-0.39, 0.29) is 28.3 Å². The summed E-state index contributed by atoms with van der Waals surface area (Å²) in [6, 6.07) is 1.96. The number of methoxy groups -OCH3 is 1. The molecule has 0 amide bonds. The first-order chi connectivity index (χ1) is 14.8. The number of cyclic esters (lactones) is 1. The molecular formula is C26H34O5. The van der Waals surface area contributed by atoms with Crippen molar-refractivity contribution in [3.05, 3.63) is 35.8 Å². The van der Waals surface area contributed by atoms with Crippen molar-refractivity contribution in [3.63, 3.8) is 0 Å². The Kier molecular flexibility index (Phi) is 4.05. The highest BCUT2D eigenvalue weighted by Crippen LogP contribution is 2.71. The number of carbonyl (C=O) groups is 1. The number of esters is 1. The molecule has 4 heterocycles. The van der Waals surface area contributed by atoms with E-state index in [4.69, 9.17) is 18.6 Å². The van der Waals surface area contributed by atoms with Gasteiger partial charge in [0.1, 0.15) is 6.10 Å². The molecule has 7 rings (SSSR count). The third-order valence-electron chi connectivity index (χ3n) is 10.2. The number of fused-ring (bicyclic) bond motifs is 5. The molecule has 1 aromatic heterocycles. The van der Waals surface area contributed by atoms with Gasteiger partial charge in [-0.15, -0.1) is 0 Å². The number of carbonyl (C=O) groups excluding carboxylic acids is 1. The summed E-state index contributed by atoms with van der Waals surface area (Å²) < 4.78 is 23.8. The van der Waals surface area contributed by atoms with E-state index >= 15 is 0 Å². The van der Waals surface area contributed by atoms with Crippen LogP contribution in [0.2, 0.25) is 0 Å². The quantitative estimate of drug-likeness (QED) is 0.466. The minimum Gasteiger partial charge on any atom is -0.472 e. The van der Waals surface area contributed by atoms with Crippen molar-refractivity contribution in [1.82, 2.24) is 0 Å². The summed E-state index contributed by atoms with van der Waals surface area (Å²) in [7, 11) is 1.79. The highest BCUT2D eigenvalue weighted by Gasteiger charge is 2.69. The molecular weight excluding hydrogens is 392 g/mol. The molecule has 6 aliphatic rings. The maximum Gasteiger partial charge on any atom is 0.306 e. The van der Waals surface area contributed by atoms with Crippen molar-refractivity contribution in [2.24, 2.45) is 34.0 Å². The maximum absolute atomic E-state index is 12.8. The molecule has 7 unspecified atom stereocenters. The second kappa shape index (κ2) is 6.26. The number of rotatable bonds is 2. The molecule has 0 radical (unpaired) electrons. The van der Waals surface area contributed by atoms with Gasteiger partial charge in [-0.25, -0.2) is 0 Å². The van der Waals surface area contributed by atoms with Crippen LogP contribution in [-0.2, 0) is 19.0 Å². The van der Waals surface area contributed by atoms with Crippen molar-refractivity contribution in [3.8, 4) is 0 Å². The first kappa shape index (κ1) is 20.0. The average Bonchev–Trinajstić information content (AvgIpc) is 3.28. The van der Waals surface area contributed by atoms with Crippen LogP contribution in [0.25, 0.3) is 0 Å². The lowest BCUT2D eigenvalue weighted by Crippen LogP contribution is -2.68. The van der Waals surface area contributed by atoms with E-state index in [1.165, 1.54) is 0 Å². The van der Waals surface area contributed by atoms with Crippen molar-refractivity contribution in [2.45, 2.75) is 71.2 Å². The highest BCUT2D eigenvalue weighted by molar-refractivity contribution is 5.71. The predicted octanol–water partition coefficient (Wildman–Crippen LogP) is 5.43. The van der Waals surface area contributed by atoms with Crippen LogP contribution in [0.5, 0.6) is 0 Å². The van der Waals surface area contributed by atoms with Crippen molar-refractivity contribution < 1.29 is 23.4 Å². The van der Waals surface area contributed by atoms with Gasteiger partial charge in [0.25, 0.3) is 0 Å². The van der Waals surface area contributed by atoms with E-state index in [2.05, 4.69) is 26.8 Å². The fourth-order valence-corrected chi connectivity index (χ4v) is 8.66. The molecule has 3 aliphatic carbocycles. The second-order valence-corrected chi connectivity index (χ2v) is 11.4. The number of furan rings is 1. The van der Waals surface area contributed by atoms with Crippen LogP contribution in [0, 0.1) is 34.0 Å². The van der Waals surface area contributed by atoms with Gasteiger partial charge in [-0.1, -0.05) is 32.4 Å². The van der Waals surface area contributed by atoms with Gasteiger partial charge in [0.15, 0.2) is 5.79 Å². The Hall–Kier alpha value is -1.59. The minimum absolute atomic E-state index is 0.0586. The van der Waals surface area contributed by atoms with E-state index in [1.807, 2.05) is 6.07 Å². The largest absolute Gasteiger partial charge is 0.472 e. The molecule has 1 spiro atoms. The summed E-state index contributed by atoms with van der Waals surface area (Å²) in [6.45, 7) is 7.69. The molecule has 5 nitrogen and oxygen atoms in total. The lowest BCUT2D eigenvalue weighted by Gasteiger charge is -2.69. The van der Waals surface area contributed by atoms with Gasteiger partial charge in [0.2, 0.25) is 0 Å². The van der Waals surface area contributed by atoms with Gasteiger partial charge < -0.3 is 18.6 Å². The van der Waals surface area contributed by atoms with Crippen LogP contribution in [0.15, 0.2) is 34.7 Å². The summed E-state index contributed by atoms with van der Waals surface area (Å²) in [5, 5.41) is 0. The molecule has 3 saturated heterocycles. The molecule has 5 heteroatoms. The Balaban J connectivity index is 1.41. The van der Waals surface area contributed by atoms with Crippen LogP contribution in [-0.4, -0.2) is 25.5 Å². The number of hydrogen-bond acceptors (Lipinski definition) is 5. The normalized spacial score (nSPS) is 47.6. The monoisotopic (exact) mass is 426 g/mol. The summed E-state index contributed by atoms with van der Waals surface area (Å²) in [5.41, 5.74) is 2.44. The second-order valence-electron chi connectivity index (χ2n) is 11.4. The zero-order valence-corrected chi connectivity index (χ0v) is 19.1. The van der Waals surface area contributed by atoms with E-state index in [1.54, 1.807) is 25.2 Å². The average molecular weight is 427 g/mol. The van der Waals surface area contributed by atoms with E-state index in [0.717, 1.165) is 44.3 Å². The molecule has 2 bridgehead atoms. The van der Waals surface area contributed by atoms with E-state index in [0.29, 0.717) is 24.2 Å². The molecule has 1 aromatic rings. The van der Waals surface area contributed by atoms with Crippen LogP contribution in [0.4, 0.5) is 0 Å². The van der Waals surface area contributed by atoms with Gasteiger partial charge in [0.05, 0.1) is 19.1 Å². The van der Waals surface area contributed by atoms with Gasteiger partial charge in [-0.05, 0) is 49.5 Å². The summed E-state index contributed by atoms with van der Waals surface area (Å²) in [5.74, 6) is 0.785. The first-order valence-electron chi connectivity index (χ1n) is 11.9. The van der Waals surface area contributed by atoms with Crippen molar-refractivity contribution >= 4 is 5.97 Å². The molecule has 2 saturated carbocycles. The SMILES string of the molecule is COC12CCC3(CO1)C(=CCC1C3CCC3(C)C(c4ccoc4)OC(=O)CC13)C2(C)C. The minimum atomic E-state index is -0.502. The lowest BCUT2D eigenvalue weighted by molar-refractivity contribution is -0.345. The van der Waals surface area contributed by atoms with Crippen LogP contribution < -0.4 is 0 Å². The van der Waals surface area contributed by atoms with Crippen LogP contribution in [0.3, 0.4) is 0 Å². The molecule has 7 atom stereocenters. The zero-order chi connectivity index (χ0) is 21.6. The smallest absolute Gasteiger partial charge is 0.306 e. The van der Waals surface area contributed by atoms with Crippen LogP contribution in [0.1, 0.15) is 71.0 Å². The molecule has 31 heavy (non-hydrogen) atoms. The predicted molar refractivity (Wildman–Crippen MR) is 114 cm³/mol. The summed E-state index contributed by atoms with van der Waals surface area (Å²) >= 11 is 0. The number of hydrogen-bond donors (Lipinski definition) is 0. The van der Waals surface area contributed by atoms with E-state index in [9.17, 15) is 4.79 Å². The lowest BCUT2D eigenvalue weighted by atomic mass is 9.41. The zero-order valence-electron chi connectivity index (χ0n) is 19.1. The Morgan fingerprint density at radius 2 is 1.97 bits per heavy atom. The van der Waals surface area contributed by atoms with E-state index < -0.39 is 5.79 Å². The highest BCUT2D eigenvalue weighted by atomic mass is 16.7. The van der Waals surface area contributed by atoms with Gasteiger partial charge in [-0.2, -0.15) is 0 Å². The number of ether oxygens (including phenoxy) is 3. The molecule has 0 N–H and O–H groups in total. The molecule has 5 fully saturated rings. The third kappa shape index (κ3) is 2.32. The van der Waals surface area contributed by atoms with Crippen molar-refractivity contribution in [1.29, 1.82) is 0 Å². The summed E-state index contributed by atoms with van der Waals surface area (Å²) in [6.07, 6.45) is 11.6. The maximum atomic E-state index is 12.8. The Labute approximate surface area is 184 Å². The summed E-state index contributed by atoms with van der Waals surface area (Å²) in [4.78, 5) is 12.8. The molecule has 168 valence electrons. The Bertz CT molecular complexity index is 920. The molecule has 0 aromatic carbocycles. The van der Waals surface area contributed by atoms with Crippen LogP contribution >= 0.6 is 0 Å². The fraction of sp³-hybridized carbons (Fsp3) is 0.731. The van der Waals surface area contributed by atoms with Gasteiger partial charge >= 0.3 is 5.97 Å². The Morgan fingerprint density at radius 3 is 2.65 bits per heavy atom. The fourth-order valence-electron chi connectivity index (χ4n) is 8.66. The Morgan fingerprint density at radius 1 is 1.13 bits per heavy atom.